The van der Waals surface area contributed by atoms with E-state index in [0.717, 1.165) is 14.5 Å². The van der Waals surface area contributed by atoms with E-state index in [9.17, 15) is 13.6 Å². The molecule has 32 heavy (non-hydrogen) atoms. The molecule has 0 aliphatic rings. The van der Waals surface area contributed by atoms with Crippen LogP contribution in [0, 0.1) is 10.5 Å². The number of H-pyrrole nitrogens is 1. The Bertz CT molecular complexity index is 1110. The lowest BCUT2D eigenvalue weighted by Crippen LogP contribution is -2.35. The molecule has 0 bridgehead atoms. The van der Waals surface area contributed by atoms with Gasteiger partial charge in [0.05, 0.1) is 12.7 Å². The summed E-state index contributed by atoms with van der Waals surface area (Å²) in [6.07, 6.45) is 0.983. The lowest BCUT2D eigenvalue weighted by molar-refractivity contribution is -0.740. The number of methoxy groups -OCH3 is 1. The summed E-state index contributed by atoms with van der Waals surface area (Å²) < 4.78 is 42.7. The molecule has 7 nitrogen and oxygen atoms in total. The van der Waals surface area contributed by atoms with E-state index in [4.69, 9.17) is 9.47 Å². The second-order valence-corrected chi connectivity index (χ2v) is 9.29. The standard InChI is InChI=1S/C22H24F2IN3O4/c1-12-16(18(20(29)30-5)32-22(2,3)4)17(25)15-11-28(27-19(15)26-12)10-13-6-8-14(9-7-13)31-21(23)24/h6-9,11,18,21H,10H2,1-5H3/p+1/t18-/m0/s1. The van der Waals surface area contributed by atoms with Crippen molar-refractivity contribution < 1.29 is 32.5 Å². The number of hydrogen-bond acceptors (Lipinski definition) is 5. The average Bonchev–Trinajstić information content (AvgIpc) is 3.09. The molecule has 0 aliphatic heterocycles. The molecule has 0 fully saturated rings. The molecular formula is C22H25F2IN3O4+. The van der Waals surface area contributed by atoms with Gasteiger partial charge in [-0.15, -0.1) is 9.78 Å². The molecule has 0 radical (unpaired) electrons. The number of pyridine rings is 1. The molecule has 2 aromatic heterocycles. The van der Waals surface area contributed by atoms with Crippen molar-refractivity contribution in [3.05, 3.63) is 50.9 Å². The quantitative estimate of drug-likeness (QED) is 0.263. The van der Waals surface area contributed by atoms with Gasteiger partial charge in [-0.25, -0.2) is 9.78 Å². The highest BCUT2D eigenvalue weighted by molar-refractivity contribution is 14.1. The van der Waals surface area contributed by atoms with Gasteiger partial charge in [-0.2, -0.15) is 8.78 Å². The molecule has 3 rings (SSSR count). The molecule has 172 valence electrons. The predicted molar refractivity (Wildman–Crippen MR) is 122 cm³/mol. The molecule has 1 aromatic carbocycles. The van der Waals surface area contributed by atoms with E-state index in [0.29, 0.717) is 23.4 Å². The number of halogens is 3. The Labute approximate surface area is 198 Å². The van der Waals surface area contributed by atoms with Crippen molar-refractivity contribution in [3.8, 4) is 5.75 Å². The molecule has 0 amide bonds. The third-order valence-corrected chi connectivity index (χ3v) is 5.74. The van der Waals surface area contributed by atoms with Crippen molar-refractivity contribution in [2.24, 2.45) is 0 Å². The van der Waals surface area contributed by atoms with Gasteiger partial charge in [-0.1, -0.05) is 0 Å². The Hall–Kier alpha value is -2.34. The van der Waals surface area contributed by atoms with Gasteiger partial charge < -0.3 is 14.2 Å². The van der Waals surface area contributed by atoms with Crippen LogP contribution in [0.2, 0.25) is 0 Å². The van der Waals surface area contributed by atoms with Crippen LogP contribution in [-0.4, -0.2) is 35.4 Å². The number of nitrogens with zero attached hydrogens (tertiary/aromatic N) is 2. The van der Waals surface area contributed by atoms with Gasteiger partial charge in [0.15, 0.2) is 18.3 Å². The fourth-order valence-electron chi connectivity index (χ4n) is 3.27. The molecular weight excluding hydrogens is 535 g/mol. The van der Waals surface area contributed by atoms with Crippen LogP contribution in [0.5, 0.6) is 5.75 Å². The second-order valence-electron chi connectivity index (χ2n) is 8.21. The number of alkyl halides is 2. The summed E-state index contributed by atoms with van der Waals surface area (Å²) in [7, 11) is 1.33. The molecule has 0 saturated heterocycles. The lowest BCUT2D eigenvalue weighted by Gasteiger charge is -2.27. The first-order valence-corrected chi connectivity index (χ1v) is 10.9. The van der Waals surface area contributed by atoms with Crippen LogP contribution >= 0.6 is 22.6 Å². The molecule has 0 unspecified atom stereocenters. The maximum absolute atomic E-state index is 12.5. The van der Waals surface area contributed by atoms with Gasteiger partial charge >= 0.3 is 12.6 Å². The van der Waals surface area contributed by atoms with Gasteiger partial charge in [0.2, 0.25) is 6.20 Å². The van der Waals surface area contributed by atoms with Crippen LogP contribution in [0.25, 0.3) is 11.0 Å². The van der Waals surface area contributed by atoms with Crippen molar-refractivity contribution in [1.29, 1.82) is 0 Å². The third kappa shape index (κ3) is 5.71. The average molecular weight is 560 g/mol. The lowest BCUT2D eigenvalue weighted by atomic mass is 10.0. The molecule has 3 aromatic rings. The zero-order valence-electron chi connectivity index (χ0n) is 18.4. The molecule has 0 aliphatic carbocycles. The maximum atomic E-state index is 12.5. The number of aromatic amines is 1. The summed E-state index contributed by atoms with van der Waals surface area (Å²) in [6.45, 7) is 5.06. The van der Waals surface area contributed by atoms with Gasteiger partial charge in [-0.3, -0.25) is 0 Å². The van der Waals surface area contributed by atoms with Crippen LogP contribution in [-0.2, 0) is 20.8 Å². The first kappa shape index (κ1) is 24.3. The first-order valence-electron chi connectivity index (χ1n) is 9.86. The highest BCUT2D eigenvalue weighted by Crippen LogP contribution is 2.33. The number of carbonyl (C=O) groups is 1. The highest BCUT2D eigenvalue weighted by Gasteiger charge is 2.33. The summed E-state index contributed by atoms with van der Waals surface area (Å²) in [4.78, 5) is 17.2. The zero-order chi connectivity index (χ0) is 23.6. The molecule has 1 atom stereocenters. The van der Waals surface area contributed by atoms with E-state index in [1.165, 1.54) is 19.2 Å². The first-order chi connectivity index (χ1) is 15.0. The van der Waals surface area contributed by atoms with Crippen LogP contribution in [0.3, 0.4) is 0 Å². The number of ether oxygens (including phenoxy) is 3. The van der Waals surface area contributed by atoms with Crippen LogP contribution < -0.4 is 9.42 Å². The SMILES string of the molecule is COC(=O)[C@@H](OC(C)(C)C)c1c(C)nc2[nH][n+](Cc3ccc(OC(F)F)cc3)cc2c1I. The normalized spacial score (nSPS) is 12.9. The maximum Gasteiger partial charge on any atom is 0.387 e. The summed E-state index contributed by atoms with van der Waals surface area (Å²) in [5.74, 6) is -0.383. The second kappa shape index (κ2) is 9.65. The zero-order valence-corrected chi connectivity index (χ0v) is 20.6. The summed E-state index contributed by atoms with van der Waals surface area (Å²) in [5, 5.41) is 4.05. The fourth-order valence-corrected chi connectivity index (χ4v) is 4.34. The largest absolute Gasteiger partial charge is 0.467 e. The predicted octanol–water partition coefficient (Wildman–Crippen LogP) is 4.44. The molecule has 0 spiro atoms. The van der Waals surface area contributed by atoms with Crippen LogP contribution in [0.15, 0.2) is 30.5 Å². The number of benzene rings is 1. The highest BCUT2D eigenvalue weighted by atomic mass is 127. The number of nitrogens with one attached hydrogen (secondary N) is 1. The number of carbonyl (C=O) groups excluding carboxylic acids is 1. The monoisotopic (exact) mass is 560 g/mol. The Morgan fingerprint density at radius 3 is 2.47 bits per heavy atom. The van der Waals surface area contributed by atoms with E-state index in [-0.39, 0.29) is 5.75 Å². The smallest absolute Gasteiger partial charge is 0.387 e. The number of aromatic nitrogens is 3. The number of esters is 1. The van der Waals surface area contributed by atoms with Crippen LogP contribution in [0.4, 0.5) is 8.78 Å². The van der Waals surface area contributed by atoms with E-state index >= 15 is 0 Å². The minimum Gasteiger partial charge on any atom is -0.467 e. The van der Waals surface area contributed by atoms with Crippen molar-refractivity contribution in [3.63, 3.8) is 0 Å². The van der Waals surface area contributed by atoms with Gasteiger partial charge in [0, 0.05) is 20.4 Å². The Morgan fingerprint density at radius 2 is 1.91 bits per heavy atom. The van der Waals surface area contributed by atoms with Gasteiger partial charge in [-0.05, 0) is 74.6 Å². The summed E-state index contributed by atoms with van der Waals surface area (Å²) in [6, 6.07) is 6.44. The third-order valence-electron chi connectivity index (χ3n) is 4.58. The Morgan fingerprint density at radius 1 is 1.25 bits per heavy atom. The van der Waals surface area contributed by atoms with E-state index in [1.807, 2.05) is 38.6 Å². The summed E-state index contributed by atoms with van der Waals surface area (Å²) in [5.41, 5.74) is 2.30. The van der Waals surface area contributed by atoms with Gasteiger partial charge in [0.1, 0.15) is 11.1 Å². The van der Waals surface area contributed by atoms with Crippen molar-refractivity contribution >= 4 is 39.6 Å². The number of fused-ring (bicyclic) bond motifs is 1. The number of aryl methyl sites for hydroxylation is 1. The van der Waals surface area contributed by atoms with Gasteiger partial charge in [0.25, 0.3) is 0 Å². The number of rotatable bonds is 7. The van der Waals surface area contributed by atoms with Crippen LogP contribution in [0.1, 0.15) is 43.7 Å². The van der Waals surface area contributed by atoms with E-state index < -0.39 is 24.3 Å². The molecule has 1 N–H and O–H groups in total. The minimum atomic E-state index is -2.86. The minimum absolute atomic E-state index is 0.106. The molecule has 10 heteroatoms. The number of hydrogen-bond donors (Lipinski definition) is 1. The Balaban J connectivity index is 1.95. The topological polar surface area (TPSA) is 77.3 Å². The Kier molecular flexibility index (Phi) is 7.33. The fraction of sp³-hybridized carbons (Fsp3) is 0.409. The molecule has 2 heterocycles. The van der Waals surface area contributed by atoms with Crippen molar-refractivity contribution in [1.82, 2.24) is 10.1 Å². The van der Waals surface area contributed by atoms with Crippen molar-refractivity contribution in [2.75, 3.05) is 7.11 Å². The van der Waals surface area contributed by atoms with E-state index in [1.54, 1.807) is 12.1 Å². The van der Waals surface area contributed by atoms with E-state index in [2.05, 4.69) is 37.4 Å². The molecule has 0 saturated carbocycles. The van der Waals surface area contributed by atoms with Crippen molar-refractivity contribution in [2.45, 2.75) is 52.6 Å². The summed E-state index contributed by atoms with van der Waals surface area (Å²) >= 11 is 2.19.